The van der Waals surface area contributed by atoms with Crippen LogP contribution >= 0.6 is 22.9 Å². The molecular formula is C20H22ClFN4O3S. The molecule has 7 nitrogen and oxygen atoms in total. The van der Waals surface area contributed by atoms with Crippen LogP contribution in [0.15, 0.2) is 18.2 Å². The molecule has 1 saturated carbocycles. The average molecular weight is 453 g/mol. The summed E-state index contributed by atoms with van der Waals surface area (Å²) in [6, 6.07) is 3.73. The molecule has 0 unspecified atom stereocenters. The number of hydrogen-bond acceptors (Lipinski definition) is 5. The first-order chi connectivity index (χ1) is 14.4. The van der Waals surface area contributed by atoms with Crippen LogP contribution in [0.4, 0.5) is 20.0 Å². The Hall–Kier alpha value is -2.23. The molecule has 0 spiro atoms. The molecule has 1 fully saturated rings. The third-order valence-electron chi connectivity index (χ3n) is 5.49. The van der Waals surface area contributed by atoms with Crippen LogP contribution in [0, 0.1) is 11.7 Å². The fourth-order valence-corrected chi connectivity index (χ4v) is 4.95. The maximum atomic E-state index is 13.3. The summed E-state index contributed by atoms with van der Waals surface area (Å²) < 4.78 is 13.3. The van der Waals surface area contributed by atoms with E-state index in [9.17, 15) is 19.1 Å². The Labute approximate surface area is 182 Å². The fourth-order valence-electron chi connectivity index (χ4n) is 3.74. The molecule has 10 heteroatoms. The van der Waals surface area contributed by atoms with Crippen LogP contribution in [0.2, 0.25) is 5.02 Å². The van der Waals surface area contributed by atoms with Gasteiger partial charge in [0.2, 0.25) is 5.91 Å². The van der Waals surface area contributed by atoms with E-state index in [2.05, 4.69) is 15.6 Å². The number of hydrogen-bond donors (Lipinski definition) is 3. The number of carbonyl (C=O) groups is 2. The molecule has 0 atom stereocenters. The third kappa shape index (κ3) is 4.74. The lowest BCUT2D eigenvalue weighted by Crippen LogP contribution is -2.38. The second-order valence-electron chi connectivity index (χ2n) is 7.61. The van der Waals surface area contributed by atoms with Gasteiger partial charge in [0.15, 0.2) is 5.13 Å². The molecule has 3 amide bonds. The van der Waals surface area contributed by atoms with E-state index < -0.39 is 5.82 Å². The van der Waals surface area contributed by atoms with Crippen LogP contribution in [0.25, 0.3) is 0 Å². The molecule has 2 aromatic rings. The van der Waals surface area contributed by atoms with Crippen LogP contribution < -0.4 is 10.6 Å². The van der Waals surface area contributed by atoms with Crippen LogP contribution in [0.1, 0.15) is 36.3 Å². The summed E-state index contributed by atoms with van der Waals surface area (Å²) in [5.74, 6) is -0.698. The van der Waals surface area contributed by atoms with Crippen LogP contribution in [0.5, 0.6) is 0 Å². The van der Waals surface area contributed by atoms with Crippen LogP contribution in [-0.2, 0) is 17.8 Å². The van der Waals surface area contributed by atoms with E-state index in [1.54, 1.807) is 4.90 Å². The summed E-state index contributed by atoms with van der Waals surface area (Å²) in [5.41, 5.74) is 1.32. The minimum atomic E-state index is -0.541. The SMILES string of the molecule is O=C(Nc1nc2c(s1)CN(C(=O)Nc1ccc(F)c(Cl)c1)CC2)C1CCC(O)CC1. The van der Waals surface area contributed by atoms with Gasteiger partial charge in [-0.05, 0) is 43.9 Å². The molecule has 1 aromatic heterocycles. The van der Waals surface area contributed by atoms with E-state index in [-0.39, 0.29) is 29.0 Å². The van der Waals surface area contributed by atoms with E-state index in [4.69, 9.17) is 11.6 Å². The van der Waals surface area contributed by atoms with Gasteiger partial charge < -0.3 is 20.6 Å². The highest BCUT2D eigenvalue weighted by Gasteiger charge is 2.28. The quantitative estimate of drug-likeness (QED) is 0.655. The predicted octanol–water partition coefficient (Wildman–Crippen LogP) is 4.02. The Bertz CT molecular complexity index is 962. The van der Waals surface area contributed by atoms with Gasteiger partial charge in [-0.1, -0.05) is 22.9 Å². The fraction of sp³-hybridized carbons (Fsp3) is 0.450. The van der Waals surface area contributed by atoms with Gasteiger partial charge in [-0.2, -0.15) is 0 Å². The Balaban J connectivity index is 1.36. The molecule has 0 bridgehead atoms. The Morgan fingerprint density at radius 2 is 2.00 bits per heavy atom. The van der Waals surface area contributed by atoms with Gasteiger partial charge in [0.05, 0.1) is 23.4 Å². The Morgan fingerprint density at radius 1 is 1.23 bits per heavy atom. The molecule has 4 rings (SSSR count). The molecule has 30 heavy (non-hydrogen) atoms. The first-order valence-corrected chi connectivity index (χ1v) is 11.1. The van der Waals surface area contributed by atoms with Gasteiger partial charge in [0, 0.05) is 29.4 Å². The highest BCUT2D eigenvalue weighted by molar-refractivity contribution is 7.15. The number of aliphatic hydroxyl groups excluding tert-OH is 1. The minimum absolute atomic E-state index is 0.0518. The summed E-state index contributed by atoms with van der Waals surface area (Å²) in [7, 11) is 0. The van der Waals surface area contributed by atoms with E-state index in [1.165, 1.54) is 29.5 Å². The van der Waals surface area contributed by atoms with Crippen molar-refractivity contribution in [2.24, 2.45) is 5.92 Å². The number of benzene rings is 1. The molecule has 2 heterocycles. The maximum absolute atomic E-state index is 13.3. The van der Waals surface area contributed by atoms with E-state index in [0.717, 1.165) is 10.6 Å². The molecular weight excluding hydrogens is 431 g/mol. The summed E-state index contributed by atoms with van der Waals surface area (Å²) in [6.45, 7) is 0.880. The third-order valence-corrected chi connectivity index (χ3v) is 6.77. The van der Waals surface area contributed by atoms with Gasteiger partial charge in [0.1, 0.15) is 5.82 Å². The number of amides is 3. The molecule has 160 valence electrons. The average Bonchev–Trinajstić information content (AvgIpc) is 3.12. The van der Waals surface area contributed by atoms with Crippen LogP contribution in [0.3, 0.4) is 0 Å². The number of fused-ring (bicyclic) bond motifs is 1. The summed E-state index contributed by atoms with van der Waals surface area (Å²) in [6.07, 6.45) is 2.95. The number of halogens is 2. The molecule has 1 aliphatic carbocycles. The van der Waals surface area contributed by atoms with Gasteiger partial charge in [-0.3, -0.25) is 4.79 Å². The van der Waals surface area contributed by atoms with Crippen molar-refractivity contribution in [2.45, 2.75) is 44.8 Å². The normalized spacial score (nSPS) is 21.1. The molecule has 1 aliphatic heterocycles. The summed E-state index contributed by atoms with van der Waals surface area (Å²) >= 11 is 7.14. The lowest BCUT2D eigenvalue weighted by molar-refractivity contribution is -0.121. The van der Waals surface area contributed by atoms with Gasteiger partial charge >= 0.3 is 6.03 Å². The topological polar surface area (TPSA) is 94.6 Å². The first-order valence-electron chi connectivity index (χ1n) is 9.87. The summed E-state index contributed by atoms with van der Waals surface area (Å²) in [4.78, 5) is 32.1. The number of thiazole rings is 1. The largest absolute Gasteiger partial charge is 0.393 e. The van der Waals surface area contributed by atoms with Crippen molar-refractivity contribution in [3.05, 3.63) is 39.6 Å². The number of anilines is 2. The lowest BCUT2D eigenvalue weighted by atomic mass is 9.87. The second kappa shape index (κ2) is 8.87. The number of carbonyl (C=O) groups excluding carboxylic acids is 2. The standard InChI is InChI=1S/C20H22ClFN4O3S/c21-14-9-12(3-6-15(14)22)23-20(29)26-8-7-16-17(10-26)30-19(24-16)25-18(28)11-1-4-13(27)5-2-11/h3,6,9,11,13,27H,1-2,4-5,7-8,10H2,(H,23,29)(H,24,25,28). The highest BCUT2D eigenvalue weighted by atomic mass is 35.5. The van der Waals surface area contributed by atoms with Gasteiger partial charge in [-0.25, -0.2) is 14.2 Å². The predicted molar refractivity (Wildman–Crippen MR) is 113 cm³/mol. The number of nitrogens with zero attached hydrogens (tertiary/aromatic N) is 2. The minimum Gasteiger partial charge on any atom is -0.393 e. The zero-order valence-corrected chi connectivity index (χ0v) is 17.7. The van der Waals surface area contributed by atoms with Crippen molar-refractivity contribution in [1.29, 1.82) is 0 Å². The molecule has 3 N–H and O–H groups in total. The maximum Gasteiger partial charge on any atom is 0.322 e. The molecule has 0 radical (unpaired) electrons. The first kappa shape index (κ1) is 21.0. The number of nitrogens with one attached hydrogen (secondary N) is 2. The monoisotopic (exact) mass is 452 g/mol. The van der Waals surface area contributed by atoms with Crippen molar-refractivity contribution in [3.63, 3.8) is 0 Å². The molecule has 1 aromatic carbocycles. The van der Waals surface area contributed by atoms with Crippen LogP contribution in [-0.4, -0.2) is 39.6 Å². The van der Waals surface area contributed by atoms with Gasteiger partial charge in [-0.15, -0.1) is 0 Å². The van der Waals surface area contributed by atoms with Crippen molar-refractivity contribution in [3.8, 4) is 0 Å². The van der Waals surface area contributed by atoms with Crippen molar-refractivity contribution in [2.75, 3.05) is 17.2 Å². The lowest BCUT2D eigenvalue weighted by Gasteiger charge is -2.26. The van der Waals surface area contributed by atoms with E-state index in [0.29, 0.717) is 56.0 Å². The zero-order chi connectivity index (χ0) is 21.3. The smallest absolute Gasteiger partial charge is 0.322 e. The number of aliphatic hydroxyl groups is 1. The van der Waals surface area contributed by atoms with Crippen molar-refractivity contribution >= 4 is 45.7 Å². The van der Waals surface area contributed by atoms with E-state index >= 15 is 0 Å². The summed E-state index contributed by atoms with van der Waals surface area (Å²) in [5, 5.41) is 15.7. The highest BCUT2D eigenvalue weighted by Crippen LogP contribution is 2.31. The molecule has 2 aliphatic rings. The van der Waals surface area contributed by atoms with Gasteiger partial charge in [0.25, 0.3) is 0 Å². The number of urea groups is 1. The zero-order valence-electron chi connectivity index (χ0n) is 16.2. The molecule has 0 saturated heterocycles. The Kier molecular flexibility index (Phi) is 6.21. The number of aromatic nitrogens is 1. The Morgan fingerprint density at radius 3 is 2.73 bits per heavy atom. The second-order valence-corrected chi connectivity index (χ2v) is 9.11. The van der Waals surface area contributed by atoms with E-state index in [1.807, 2.05) is 0 Å². The van der Waals surface area contributed by atoms with Crippen molar-refractivity contribution in [1.82, 2.24) is 9.88 Å². The number of rotatable bonds is 3. The van der Waals surface area contributed by atoms with Crippen molar-refractivity contribution < 1.29 is 19.1 Å².